The highest BCUT2D eigenvalue weighted by atomic mass is 15.1. The molecule has 0 saturated heterocycles. The van der Waals surface area contributed by atoms with Gasteiger partial charge in [-0.05, 0) is 25.9 Å². The molecule has 0 spiro atoms. The molecule has 0 aliphatic carbocycles. The second-order valence-corrected chi connectivity index (χ2v) is 3.85. The van der Waals surface area contributed by atoms with Crippen LogP contribution in [-0.2, 0) is 0 Å². The molecule has 0 aromatic heterocycles. The predicted octanol–water partition coefficient (Wildman–Crippen LogP) is 0.335. The third kappa shape index (κ3) is 10.1. The normalized spacial score (nSPS) is 11.2. The molecule has 0 rings (SSSR count). The first-order chi connectivity index (χ1) is 7.35. The summed E-state index contributed by atoms with van der Waals surface area (Å²) in [6.07, 6.45) is 5.94. The summed E-state index contributed by atoms with van der Waals surface area (Å²) < 4.78 is 0. The molecular weight excluding hydrogens is 188 g/mol. The molecule has 0 aliphatic heterocycles. The lowest BCUT2D eigenvalue weighted by atomic mass is 10.1. The summed E-state index contributed by atoms with van der Waals surface area (Å²) in [5, 5.41) is 0. The number of unbranched alkanes of at least 4 members (excludes halogenated alkanes) is 4. The second kappa shape index (κ2) is 11.9. The molecule has 0 aliphatic rings. The van der Waals surface area contributed by atoms with Crippen LogP contribution in [0, 0.1) is 0 Å². The quantitative estimate of drug-likeness (QED) is 0.501. The Morgan fingerprint density at radius 1 is 0.733 bits per heavy atom. The van der Waals surface area contributed by atoms with Crippen LogP contribution < -0.4 is 17.2 Å². The van der Waals surface area contributed by atoms with E-state index < -0.39 is 0 Å². The Kier molecular flexibility index (Phi) is 11.8. The number of nitrogens with two attached hydrogens (primary N) is 1. The minimum absolute atomic E-state index is 0.174. The summed E-state index contributed by atoms with van der Waals surface area (Å²) in [5.74, 6) is 0. The number of hydrogen-bond donors (Lipinski definition) is 1. The van der Waals surface area contributed by atoms with Crippen molar-refractivity contribution in [2.24, 2.45) is 5.73 Å². The highest BCUT2D eigenvalue weighted by Crippen LogP contribution is 2.03. The van der Waals surface area contributed by atoms with Crippen LogP contribution in [0.3, 0.4) is 0 Å². The van der Waals surface area contributed by atoms with Crippen LogP contribution in [-0.4, -0.2) is 44.2 Å². The van der Waals surface area contributed by atoms with Gasteiger partial charge in [-0.1, -0.05) is 19.3 Å². The Morgan fingerprint density at radius 3 is 1.80 bits per heavy atom. The summed E-state index contributed by atoms with van der Waals surface area (Å²) >= 11 is 0. The second-order valence-electron chi connectivity index (χ2n) is 3.85. The Bertz CT molecular complexity index is 113. The largest absolute Gasteiger partial charge is 0.330 e. The van der Waals surface area contributed by atoms with Crippen molar-refractivity contribution in [3.63, 3.8) is 0 Å². The molecule has 15 heavy (non-hydrogen) atoms. The van der Waals surface area contributed by atoms with Gasteiger partial charge in [0.1, 0.15) is 0 Å². The monoisotopic (exact) mass is 212 g/mol. The fraction of sp³-hybridized carbons (Fsp3) is 1.00. The van der Waals surface area contributed by atoms with Gasteiger partial charge in [-0.2, -0.15) is 0 Å². The average Bonchev–Trinajstić information content (AvgIpc) is 2.24. The van der Waals surface area contributed by atoms with E-state index >= 15 is 0 Å². The maximum atomic E-state index is 8.80. The SMILES string of the molecule is [N]CCN(CC[N])CCCCCCCN. The van der Waals surface area contributed by atoms with Gasteiger partial charge in [-0.15, -0.1) is 11.5 Å². The van der Waals surface area contributed by atoms with Crippen molar-refractivity contribution in [2.45, 2.75) is 32.1 Å². The van der Waals surface area contributed by atoms with Crippen molar-refractivity contribution in [3.05, 3.63) is 0 Å². The molecule has 0 bridgehead atoms. The zero-order valence-corrected chi connectivity index (χ0v) is 9.70. The van der Waals surface area contributed by atoms with Crippen LogP contribution in [0.2, 0.25) is 0 Å². The van der Waals surface area contributed by atoms with Crippen molar-refractivity contribution in [1.29, 1.82) is 0 Å². The summed E-state index contributed by atoms with van der Waals surface area (Å²) in [4.78, 5) is 2.10. The summed E-state index contributed by atoms with van der Waals surface area (Å²) in [6.45, 7) is 3.46. The van der Waals surface area contributed by atoms with Crippen LogP contribution in [0.4, 0.5) is 0 Å². The first-order valence-corrected chi connectivity index (χ1v) is 5.99. The number of hydrogen-bond acceptors (Lipinski definition) is 2. The van der Waals surface area contributed by atoms with Gasteiger partial charge in [-0.25, -0.2) is 0 Å². The van der Waals surface area contributed by atoms with Gasteiger partial charge in [0, 0.05) is 26.2 Å². The Labute approximate surface area is 94.2 Å². The highest BCUT2D eigenvalue weighted by Gasteiger charge is 2.02. The standard InChI is InChI=1S/C11H24N4/c12-6-4-2-1-3-5-9-15(10-7-13)11-8-14/h1-12H2. The molecule has 0 atom stereocenters. The molecular formula is C11H24N4. The molecule has 4 nitrogen and oxygen atoms in total. The molecule has 0 saturated carbocycles. The number of nitrogens with zero attached hydrogens (tertiary/aromatic N) is 3. The third-order valence-electron chi connectivity index (χ3n) is 2.51. The fourth-order valence-electron chi connectivity index (χ4n) is 1.63. The fourth-order valence-corrected chi connectivity index (χ4v) is 1.63. The number of rotatable bonds is 11. The molecule has 0 fully saturated rings. The zero-order chi connectivity index (χ0) is 11.4. The van der Waals surface area contributed by atoms with Crippen molar-refractivity contribution >= 4 is 0 Å². The van der Waals surface area contributed by atoms with E-state index in [9.17, 15) is 0 Å². The summed E-state index contributed by atoms with van der Waals surface area (Å²) in [5.41, 5.74) is 23.0. The predicted molar refractivity (Wildman–Crippen MR) is 62.6 cm³/mol. The molecule has 0 aromatic carbocycles. The van der Waals surface area contributed by atoms with E-state index in [0.717, 1.165) is 25.9 Å². The van der Waals surface area contributed by atoms with E-state index in [0.29, 0.717) is 13.1 Å². The lowest BCUT2D eigenvalue weighted by Gasteiger charge is -2.19. The van der Waals surface area contributed by atoms with E-state index in [-0.39, 0.29) is 13.1 Å². The lowest BCUT2D eigenvalue weighted by Crippen LogP contribution is -2.31. The van der Waals surface area contributed by atoms with Crippen molar-refractivity contribution in [2.75, 3.05) is 39.3 Å². The van der Waals surface area contributed by atoms with Crippen molar-refractivity contribution in [1.82, 2.24) is 16.4 Å². The Balaban J connectivity index is 3.28. The van der Waals surface area contributed by atoms with Gasteiger partial charge >= 0.3 is 0 Å². The highest BCUT2D eigenvalue weighted by molar-refractivity contribution is 4.58. The first kappa shape index (κ1) is 14.8. The zero-order valence-electron chi connectivity index (χ0n) is 9.70. The molecule has 2 N–H and O–H groups in total. The molecule has 0 unspecified atom stereocenters. The van der Waals surface area contributed by atoms with Gasteiger partial charge in [-0.3, -0.25) is 0 Å². The molecule has 0 amide bonds. The molecule has 4 radical (unpaired) electrons. The molecule has 0 aromatic rings. The molecule has 4 heteroatoms. The van der Waals surface area contributed by atoms with E-state index in [1.165, 1.54) is 19.3 Å². The van der Waals surface area contributed by atoms with Crippen LogP contribution in [0.1, 0.15) is 32.1 Å². The first-order valence-electron chi connectivity index (χ1n) is 5.99. The van der Waals surface area contributed by atoms with Gasteiger partial charge in [0.25, 0.3) is 0 Å². The van der Waals surface area contributed by atoms with E-state index in [1.54, 1.807) is 0 Å². The van der Waals surface area contributed by atoms with Crippen molar-refractivity contribution in [3.8, 4) is 0 Å². The van der Waals surface area contributed by atoms with E-state index in [1.807, 2.05) is 0 Å². The Morgan fingerprint density at radius 2 is 1.27 bits per heavy atom. The van der Waals surface area contributed by atoms with E-state index in [4.69, 9.17) is 17.2 Å². The molecule has 0 heterocycles. The van der Waals surface area contributed by atoms with Gasteiger partial charge in [0.05, 0.1) is 0 Å². The van der Waals surface area contributed by atoms with Crippen LogP contribution in [0.5, 0.6) is 0 Å². The minimum Gasteiger partial charge on any atom is -0.330 e. The third-order valence-corrected chi connectivity index (χ3v) is 2.51. The van der Waals surface area contributed by atoms with Gasteiger partial charge in [0.15, 0.2) is 0 Å². The Hall–Kier alpha value is -0.160. The maximum absolute atomic E-state index is 8.80. The minimum atomic E-state index is 0.174. The average molecular weight is 212 g/mol. The van der Waals surface area contributed by atoms with Crippen LogP contribution in [0.25, 0.3) is 0 Å². The van der Waals surface area contributed by atoms with Gasteiger partial charge in [0.2, 0.25) is 0 Å². The lowest BCUT2D eigenvalue weighted by molar-refractivity contribution is 0.279. The van der Waals surface area contributed by atoms with Crippen molar-refractivity contribution < 1.29 is 0 Å². The topological polar surface area (TPSA) is 73.9 Å². The molecule has 88 valence electrons. The van der Waals surface area contributed by atoms with Crippen LogP contribution >= 0.6 is 0 Å². The van der Waals surface area contributed by atoms with Gasteiger partial charge < -0.3 is 10.6 Å². The summed E-state index contributed by atoms with van der Waals surface area (Å²) in [6, 6.07) is 0. The van der Waals surface area contributed by atoms with E-state index in [2.05, 4.69) is 4.90 Å². The van der Waals surface area contributed by atoms with Crippen LogP contribution in [0.15, 0.2) is 0 Å². The summed E-state index contributed by atoms with van der Waals surface area (Å²) in [7, 11) is 0. The maximum Gasteiger partial charge on any atom is 0.0449 e. The smallest absolute Gasteiger partial charge is 0.0449 e.